The maximum Gasteiger partial charge on any atom is 0.0178 e. The molecule has 0 unspecified atom stereocenters. The van der Waals surface area contributed by atoms with Gasteiger partial charge in [-0.25, -0.2) is 0 Å². The average Bonchev–Trinajstić information content (AvgIpc) is 2.15. The third-order valence-electron chi connectivity index (χ3n) is 1.85. The molecule has 1 nitrogen and oxygen atoms in total. The fourth-order valence-electron chi connectivity index (χ4n) is 1.06. The third kappa shape index (κ3) is 2.88. The second kappa shape index (κ2) is 5.22. The molecule has 2 heteroatoms. The Morgan fingerprint density at radius 1 is 1.17 bits per heavy atom. The van der Waals surface area contributed by atoms with Gasteiger partial charge in [-0.1, -0.05) is 24.3 Å². The minimum absolute atomic E-state index is 0.642. The van der Waals surface area contributed by atoms with Crippen molar-refractivity contribution in [3.63, 3.8) is 0 Å². The third-order valence-corrected chi connectivity index (χ3v) is 2.47. The van der Waals surface area contributed by atoms with Crippen LogP contribution in [0, 0.1) is 0 Å². The zero-order valence-electron chi connectivity index (χ0n) is 7.42. The summed E-state index contributed by atoms with van der Waals surface area (Å²) < 4.78 is 0. The van der Waals surface area contributed by atoms with Crippen LogP contribution in [0.15, 0.2) is 24.3 Å². The summed E-state index contributed by atoms with van der Waals surface area (Å²) in [7, 11) is 0. The molecule has 0 spiro atoms. The van der Waals surface area contributed by atoms with E-state index < -0.39 is 0 Å². The van der Waals surface area contributed by atoms with Crippen molar-refractivity contribution in [2.24, 2.45) is 5.73 Å². The van der Waals surface area contributed by atoms with Crippen LogP contribution in [-0.4, -0.2) is 12.0 Å². The molecule has 0 amide bonds. The average molecular weight is 181 g/mol. The first kappa shape index (κ1) is 9.62. The van der Waals surface area contributed by atoms with Crippen LogP contribution >= 0.6 is 11.8 Å². The Hall–Kier alpha value is -0.470. The Morgan fingerprint density at radius 2 is 1.75 bits per heavy atom. The molecule has 0 heterocycles. The zero-order valence-corrected chi connectivity index (χ0v) is 8.23. The lowest BCUT2D eigenvalue weighted by Crippen LogP contribution is -1.96. The molecule has 0 aliphatic carbocycles. The van der Waals surface area contributed by atoms with Gasteiger partial charge in [-0.3, -0.25) is 0 Å². The number of rotatable bonds is 4. The first-order chi connectivity index (χ1) is 5.86. The Balaban J connectivity index is 2.53. The normalized spacial score (nSPS) is 10.2. The summed E-state index contributed by atoms with van der Waals surface area (Å²) in [5, 5.41) is 0. The number of nitrogens with two attached hydrogens (primary N) is 1. The molecule has 0 aliphatic heterocycles. The maximum atomic E-state index is 5.50. The highest BCUT2D eigenvalue weighted by Crippen LogP contribution is 2.06. The molecule has 0 atom stereocenters. The van der Waals surface area contributed by atoms with Crippen molar-refractivity contribution >= 4 is 11.8 Å². The van der Waals surface area contributed by atoms with Gasteiger partial charge in [0.1, 0.15) is 0 Å². The van der Waals surface area contributed by atoms with Gasteiger partial charge in [-0.05, 0) is 29.6 Å². The smallest absolute Gasteiger partial charge is 0.0178 e. The van der Waals surface area contributed by atoms with E-state index in [1.54, 1.807) is 0 Å². The molecule has 66 valence electrons. The molecule has 1 rings (SSSR count). The van der Waals surface area contributed by atoms with Gasteiger partial charge in [0.25, 0.3) is 0 Å². The molecule has 2 N–H and O–H groups in total. The van der Waals surface area contributed by atoms with Crippen molar-refractivity contribution in [2.75, 3.05) is 12.0 Å². The molecule has 1 aromatic rings. The van der Waals surface area contributed by atoms with E-state index in [2.05, 4.69) is 30.5 Å². The van der Waals surface area contributed by atoms with Gasteiger partial charge in [-0.15, -0.1) is 0 Å². The van der Waals surface area contributed by atoms with Crippen molar-refractivity contribution in [1.82, 2.24) is 0 Å². The van der Waals surface area contributed by atoms with Gasteiger partial charge in [0, 0.05) is 6.54 Å². The van der Waals surface area contributed by atoms with Crippen LogP contribution in [0.4, 0.5) is 0 Å². The van der Waals surface area contributed by atoms with Crippen LogP contribution in [0.1, 0.15) is 11.1 Å². The van der Waals surface area contributed by atoms with Crippen molar-refractivity contribution in [2.45, 2.75) is 13.0 Å². The van der Waals surface area contributed by atoms with Crippen molar-refractivity contribution in [3.05, 3.63) is 35.4 Å². The highest BCUT2D eigenvalue weighted by Gasteiger charge is 1.92. The van der Waals surface area contributed by atoms with E-state index in [9.17, 15) is 0 Å². The van der Waals surface area contributed by atoms with E-state index in [1.807, 2.05) is 11.8 Å². The fraction of sp³-hybridized carbons (Fsp3) is 0.400. The van der Waals surface area contributed by atoms with Gasteiger partial charge in [0.2, 0.25) is 0 Å². The van der Waals surface area contributed by atoms with Crippen LogP contribution in [-0.2, 0) is 13.0 Å². The minimum Gasteiger partial charge on any atom is -0.326 e. The number of hydrogen-bond acceptors (Lipinski definition) is 2. The molecule has 1 aromatic carbocycles. The van der Waals surface area contributed by atoms with E-state index in [-0.39, 0.29) is 0 Å². The Bertz CT molecular complexity index is 218. The van der Waals surface area contributed by atoms with Gasteiger partial charge >= 0.3 is 0 Å². The summed E-state index contributed by atoms with van der Waals surface area (Å²) in [5.74, 6) is 1.20. The predicted octanol–water partition coefficient (Wildman–Crippen LogP) is 2.05. The summed E-state index contributed by atoms with van der Waals surface area (Å²) in [5.41, 5.74) is 8.11. The molecule has 0 aromatic heterocycles. The van der Waals surface area contributed by atoms with Crippen LogP contribution in [0.5, 0.6) is 0 Å². The van der Waals surface area contributed by atoms with Crippen LogP contribution in [0.3, 0.4) is 0 Å². The summed E-state index contributed by atoms with van der Waals surface area (Å²) in [6, 6.07) is 8.54. The van der Waals surface area contributed by atoms with Crippen LogP contribution < -0.4 is 5.73 Å². The molecule has 0 radical (unpaired) electrons. The van der Waals surface area contributed by atoms with Gasteiger partial charge in [-0.2, -0.15) is 11.8 Å². The van der Waals surface area contributed by atoms with Crippen LogP contribution in [0.25, 0.3) is 0 Å². The van der Waals surface area contributed by atoms with Gasteiger partial charge in [0.15, 0.2) is 0 Å². The zero-order chi connectivity index (χ0) is 8.81. The molecule has 0 fully saturated rings. The van der Waals surface area contributed by atoms with E-state index in [4.69, 9.17) is 5.73 Å². The predicted molar refractivity (Wildman–Crippen MR) is 56.4 cm³/mol. The van der Waals surface area contributed by atoms with E-state index in [0.717, 1.165) is 6.42 Å². The highest BCUT2D eigenvalue weighted by atomic mass is 32.2. The van der Waals surface area contributed by atoms with Gasteiger partial charge in [0.05, 0.1) is 0 Å². The molecule has 12 heavy (non-hydrogen) atoms. The summed E-state index contributed by atoms with van der Waals surface area (Å²) >= 11 is 1.88. The summed E-state index contributed by atoms with van der Waals surface area (Å²) in [4.78, 5) is 0. The summed E-state index contributed by atoms with van der Waals surface area (Å²) in [6.45, 7) is 0.642. The Morgan fingerprint density at radius 3 is 2.25 bits per heavy atom. The molecule has 0 saturated heterocycles. The van der Waals surface area contributed by atoms with Gasteiger partial charge < -0.3 is 5.73 Å². The number of benzene rings is 1. The molecule has 0 aliphatic rings. The minimum atomic E-state index is 0.642. The van der Waals surface area contributed by atoms with Crippen molar-refractivity contribution in [1.29, 1.82) is 0 Å². The standard InChI is InChI=1S/C10H15NS/c1-12-7-6-9-2-4-10(8-11)5-3-9/h2-5H,6-8,11H2,1H3. The Labute approximate surface area is 78.4 Å². The SMILES string of the molecule is CSCCc1ccc(CN)cc1. The van der Waals surface area contributed by atoms with Crippen molar-refractivity contribution < 1.29 is 0 Å². The number of thioether (sulfide) groups is 1. The first-order valence-corrected chi connectivity index (χ1v) is 5.53. The fourth-order valence-corrected chi connectivity index (χ4v) is 1.50. The lowest BCUT2D eigenvalue weighted by molar-refractivity contribution is 1.06. The lowest BCUT2D eigenvalue weighted by atomic mass is 10.1. The van der Waals surface area contributed by atoms with Crippen molar-refractivity contribution in [3.8, 4) is 0 Å². The molecule has 0 saturated carbocycles. The summed E-state index contributed by atoms with van der Waals surface area (Å²) in [6.07, 6.45) is 3.29. The number of hydrogen-bond donors (Lipinski definition) is 1. The topological polar surface area (TPSA) is 26.0 Å². The van der Waals surface area contributed by atoms with E-state index in [1.165, 1.54) is 16.9 Å². The monoisotopic (exact) mass is 181 g/mol. The highest BCUT2D eigenvalue weighted by molar-refractivity contribution is 7.98. The largest absolute Gasteiger partial charge is 0.326 e. The lowest BCUT2D eigenvalue weighted by Gasteiger charge is -2.00. The first-order valence-electron chi connectivity index (χ1n) is 4.13. The Kier molecular flexibility index (Phi) is 4.19. The maximum absolute atomic E-state index is 5.50. The second-order valence-corrected chi connectivity index (χ2v) is 3.75. The number of aryl methyl sites for hydroxylation is 1. The molecular formula is C10H15NS. The molecular weight excluding hydrogens is 166 g/mol. The second-order valence-electron chi connectivity index (χ2n) is 2.76. The van der Waals surface area contributed by atoms with Crippen LogP contribution in [0.2, 0.25) is 0 Å². The van der Waals surface area contributed by atoms with E-state index in [0.29, 0.717) is 6.54 Å². The molecule has 0 bridgehead atoms. The quantitative estimate of drug-likeness (QED) is 0.769. The van der Waals surface area contributed by atoms with E-state index >= 15 is 0 Å².